The van der Waals surface area contributed by atoms with Crippen molar-refractivity contribution in [2.75, 3.05) is 0 Å². The van der Waals surface area contributed by atoms with Crippen molar-refractivity contribution in [3.63, 3.8) is 0 Å². The Morgan fingerprint density at radius 2 is 2.09 bits per heavy atom. The van der Waals surface area contributed by atoms with Gasteiger partial charge in [-0.1, -0.05) is 6.92 Å². The molecule has 0 aliphatic carbocycles. The lowest BCUT2D eigenvalue weighted by atomic mass is 10.0. The minimum absolute atomic E-state index is 0.0631. The first kappa shape index (κ1) is 16.8. The van der Waals surface area contributed by atoms with Crippen LogP contribution in [0.2, 0.25) is 0 Å². The molecule has 1 heterocycles. The summed E-state index contributed by atoms with van der Waals surface area (Å²) in [6.07, 6.45) is 0.999. The minimum atomic E-state index is -0.636. The molecule has 1 amide bonds. The van der Waals surface area contributed by atoms with Gasteiger partial charge in [0.05, 0.1) is 6.04 Å². The Kier molecular flexibility index (Phi) is 5.07. The van der Waals surface area contributed by atoms with E-state index >= 15 is 0 Å². The van der Waals surface area contributed by atoms with Crippen molar-refractivity contribution in [2.45, 2.75) is 45.7 Å². The number of ketones is 2. The van der Waals surface area contributed by atoms with Crippen LogP contribution in [0.3, 0.4) is 0 Å². The molecule has 0 fully saturated rings. The average Bonchev–Trinajstić information content (AvgIpc) is 2.77. The largest absolute Gasteiger partial charge is 0.324 e. The fourth-order valence-electron chi connectivity index (χ4n) is 2.73. The number of fused-ring (bicyclic) bond motifs is 1. The molecule has 1 aromatic carbocycles. The maximum Gasteiger partial charge on any atom is 0.255 e. The highest BCUT2D eigenvalue weighted by molar-refractivity contribution is 7.27. The highest BCUT2D eigenvalue weighted by Gasteiger charge is 2.36. The molecule has 2 atom stereocenters. The van der Waals surface area contributed by atoms with Gasteiger partial charge in [0.1, 0.15) is 11.6 Å². The molecule has 0 radical (unpaired) electrons. The lowest BCUT2D eigenvalue weighted by molar-refractivity contribution is -0.122. The molecule has 2 unspecified atom stereocenters. The topological polar surface area (TPSA) is 54.5 Å². The Balaban J connectivity index is 2.25. The van der Waals surface area contributed by atoms with E-state index < -0.39 is 11.9 Å². The third-order valence-corrected chi connectivity index (χ3v) is 4.52. The Morgan fingerprint density at radius 1 is 1.41 bits per heavy atom. The molecule has 1 aliphatic heterocycles. The summed E-state index contributed by atoms with van der Waals surface area (Å²) in [5.41, 5.74) is 1.03. The Morgan fingerprint density at radius 3 is 2.68 bits per heavy atom. The molecule has 0 aromatic heterocycles. The zero-order valence-corrected chi connectivity index (χ0v) is 13.8. The van der Waals surface area contributed by atoms with Crippen LogP contribution in [-0.4, -0.2) is 28.4 Å². The fraction of sp³-hybridized carbons (Fsp3) is 0.438. The Labute approximate surface area is 131 Å². The van der Waals surface area contributed by atoms with Crippen LogP contribution in [0, 0.1) is 5.82 Å². The number of nitrogens with zero attached hydrogens (tertiary/aromatic N) is 1. The quantitative estimate of drug-likeness (QED) is 0.753. The second kappa shape index (κ2) is 6.66. The molecule has 4 nitrogen and oxygen atoms in total. The van der Waals surface area contributed by atoms with Gasteiger partial charge in [0, 0.05) is 24.9 Å². The Hall–Kier alpha value is -1.61. The van der Waals surface area contributed by atoms with E-state index in [1.54, 1.807) is 6.92 Å². The van der Waals surface area contributed by atoms with Crippen LogP contribution < -0.4 is 5.30 Å². The molecule has 0 N–H and O–H groups in total. The zero-order valence-electron chi connectivity index (χ0n) is 12.7. The number of halogens is 1. The monoisotopic (exact) mass is 323 g/mol. The summed E-state index contributed by atoms with van der Waals surface area (Å²) in [7, 11) is 2.42. The van der Waals surface area contributed by atoms with Crippen LogP contribution in [0.4, 0.5) is 4.39 Å². The van der Waals surface area contributed by atoms with E-state index in [1.807, 2.05) is 0 Å². The van der Waals surface area contributed by atoms with Gasteiger partial charge >= 0.3 is 0 Å². The summed E-state index contributed by atoms with van der Waals surface area (Å²) in [6, 6.07) is 1.92. The molecule has 0 bridgehead atoms. The van der Waals surface area contributed by atoms with Crippen molar-refractivity contribution in [3.05, 3.63) is 29.1 Å². The first-order chi connectivity index (χ1) is 10.3. The summed E-state index contributed by atoms with van der Waals surface area (Å²) in [6.45, 7) is 3.46. The molecule has 22 heavy (non-hydrogen) atoms. The summed E-state index contributed by atoms with van der Waals surface area (Å²) in [5, 5.41) is 0.623. The molecule has 2 rings (SSSR count). The molecule has 6 heteroatoms. The lowest BCUT2D eigenvalue weighted by Gasteiger charge is -2.25. The number of benzene rings is 1. The summed E-state index contributed by atoms with van der Waals surface area (Å²) < 4.78 is 13.5. The number of rotatable bonds is 6. The van der Waals surface area contributed by atoms with E-state index in [-0.39, 0.29) is 30.4 Å². The highest BCUT2D eigenvalue weighted by Crippen LogP contribution is 2.27. The standard InChI is InChI=1S/C16H19FNO3P/c1-3-11(20)4-5-14(9(2)19)18-8-13-12(16(18)21)6-10(17)7-15(13)22/h6-7,14H,3-5,8,22H2,1-2H3. The molecule has 1 aromatic rings. The van der Waals surface area contributed by atoms with Crippen molar-refractivity contribution in [3.8, 4) is 0 Å². The number of carbonyl (C=O) groups excluding carboxylic acids is 3. The predicted molar refractivity (Wildman–Crippen MR) is 84.6 cm³/mol. The molecule has 0 saturated carbocycles. The van der Waals surface area contributed by atoms with Gasteiger partial charge in [-0.3, -0.25) is 14.4 Å². The normalized spacial score (nSPS) is 14.9. The zero-order chi connectivity index (χ0) is 16.4. The van der Waals surface area contributed by atoms with Crippen LogP contribution in [0.15, 0.2) is 12.1 Å². The smallest absolute Gasteiger partial charge is 0.255 e. The van der Waals surface area contributed by atoms with Gasteiger partial charge in [0.15, 0.2) is 5.78 Å². The van der Waals surface area contributed by atoms with Gasteiger partial charge < -0.3 is 4.90 Å². The van der Waals surface area contributed by atoms with Crippen LogP contribution in [0.1, 0.15) is 49.0 Å². The van der Waals surface area contributed by atoms with E-state index in [9.17, 15) is 18.8 Å². The molecular weight excluding hydrogens is 304 g/mol. The maximum atomic E-state index is 13.5. The highest BCUT2D eigenvalue weighted by atomic mass is 31.0. The first-order valence-electron chi connectivity index (χ1n) is 7.26. The van der Waals surface area contributed by atoms with E-state index in [2.05, 4.69) is 9.24 Å². The second-order valence-electron chi connectivity index (χ2n) is 5.51. The predicted octanol–water partition coefficient (Wildman–Crippen LogP) is 2.00. The third-order valence-electron chi connectivity index (χ3n) is 4.01. The summed E-state index contributed by atoms with van der Waals surface area (Å²) in [5.74, 6) is -0.911. The van der Waals surface area contributed by atoms with Crippen molar-refractivity contribution in [2.24, 2.45) is 0 Å². The van der Waals surface area contributed by atoms with E-state index in [0.29, 0.717) is 23.7 Å². The summed E-state index contributed by atoms with van der Waals surface area (Å²) >= 11 is 0. The number of hydrogen-bond donors (Lipinski definition) is 0. The second-order valence-corrected chi connectivity index (χ2v) is 6.13. The SMILES string of the molecule is CCC(=O)CCC(C(C)=O)N1Cc2c(P)cc(F)cc2C1=O. The third kappa shape index (κ3) is 3.25. The molecule has 1 aliphatic rings. The molecular formula is C16H19FNO3P. The number of amides is 1. The van der Waals surface area contributed by atoms with Gasteiger partial charge in [0.2, 0.25) is 0 Å². The van der Waals surface area contributed by atoms with Gasteiger partial charge in [0.25, 0.3) is 5.91 Å². The van der Waals surface area contributed by atoms with Crippen LogP contribution in [0.25, 0.3) is 0 Å². The molecule has 118 valence electrons. The first-order valence-corrected chi connectivity index (χ1v) is 7.83. The molecule has 0 spiro atoms. The van der Waals surface area contributed by atoms with Crippen molar-refractivity contribution in [1.82, 2.24) is 4.90 Å². The fourth-order valence-corrected chi connectivity index (χ4v) is 3.13. The van der Waals surface area contributed by atoms with Crippen LogP contribution in [-0.2, 0) is 16.1 Å². The number of hydrogen-bond acceptors (Lipinski definition) is 3. The van der Waals surface area contributed by atoms with Gasteiger partial charge in [-0.05, 0) is 36.3 Å². The average molecular weight is 323 g/mol. The van der Waals surface area contributed by atoms with Crippen LogP contribution >= 0.6 is 9.24 Å². The van der Waals surface area contributed by atoms with E-state index in [4.69, 9.17) is 0 Å². The Bertz CT molecular complexity index is 645. The van der Waals surface area contributed by atoms with Gasteiger partial charge in [-0.15, -0.1) is 9.24 Å². The minimum Gasteiger partial charge on any atom is -0.324 e. The summed E-state index contributed by atoms with van der Waals surface area (Å²) in [4.78, 5) is 37.3. The lowest BCUT2D eigenvalue weighted by Crippen LogP contribution is -2.40. The van der Waals surface area contributed by atoms with Gasteiger partial charge in [-0.2, -0.15) is 0 Å². The van der Waals surface area contributed by atoms with Crippen molar-refractivity contribution < 1.29 is 18.8 Å². The molecule has 0 saturated heterocycles. The maximum absolute atomic E-state index is 13.5. The van der Waals surface area contributed by atoms with E-state index in [0.717, 1.165) is 5.56 Å². The van der Waals surface area contributed by atoms with Crippen molar-refractivity contribution >= 4 is 32.0 Å². The van der Waals surface area contributed by atoms with Crippen molar-refractivity contribution in [1.29, 1.82) is 0 Å². The van der Waals surface area contributed by atoms with Gasteiger partial charge in [-0.25, -0.2) is 4.39 Å². The number of Topliss-reactive ketones (excluding diaryl/α,β-unsaturated/α-hetero) is 2. The van der Waals surface area contributed by atoms with Crippen LogP contribution in [0.5, 0.6) is 0 Å². The van der Waals surface area contributed by atoms with E-state index in [1.165, 1.54) is 24.0 Å². The number of carbonyl (C=O) groups is 3.